The highest BCUT2D eigenvalue weighted by atomic mass is 16.5. The number of aromatic amines is 2. The lowest BCUT2D eigenvalue weighted by Gasteiger charge is -2.05. The Bertz CT molecular complexity index is 837. The number of carbonyl (C=O) groups excluding carboxylic acids is 2. The first-order chi connectivity index (χ1) is 11.7. The zero-order valence-corrected chi connectivity index (χ0v) is 12.9. The SMILES string of the molecule is COc1ccc(Cc2c[nH]cc2CC(=O)C(=O)c2nn[nH]n2)cc1. The molecule has 0 spiro atoms. The van der Waals surface area contributed by atoms with Gasteiger partial charge in [0.1, 0.15) is 5.75 Å². The monoisotopic (exact) mass is 325 g/mol. The molecule has 0 bridgehead atoms. The lowest BCUT2D eigenvalue weighted by atomic mass is 10.00. The third-order valence-corrected chi connectivity index (χ3v) is 3.63. The Balaban J connectivity index is 1.70. The predicted molar refractivity (Wildman–Crippen MR) is 83.8 cm³/mol. The first kappa shape index (κ1) is 15.6. The van der Waals surface area contributed by atoms with Gasteiger partial charge in [-0.2, -0.15) is 5.21 Å². The number of carbonyl (C=O) groups is 2. The molecule has 1 aromatic carbocycles. The number of Topliss-reactive ketones (excluding diaryl/α,β-unsaturated/α-hetero) is 2. The molecule has 0 aliphatic carbocycles. The van der Waals surface area contributed by atoms with E-state index in [0.29, 0.717) is 6.42 Å². The van der Waals surface area contributed by atoms with Gasteiger partial charge in [0.2, 0.25) is 11.6 Å². The smallest absolute Gasteiger partial charge is 0.269 e. The number of tetrazole rings is 1. The minimum absolute atomic E-state index is 0.0115. The average molecular weight is 325 g/mol. The van der Waals surface area contributed by atoms with Gasteiger partial charge in [-0.05, 0) is 40.5 Å². The van der Waals surface area contributed by atoms with Gasteiger partial charge in [0.05, 0.1) is 7.11 Å². The number of rotatable bonds is 7. The Morgan fingerprint density at radius 3 is 2.54 bits per heavy atom. The van der Waals surface area contributed by atoms with Gasteiger partial charge in [-0.15, -0.1) is 10.2 Å². The molecule has 122 valence electrons. The summed E-state index contributed by atoms with van der Waals surface area (Å²) in [5.41, 5.74) is 2.80. The van der Waals surface area contributed by atoms with E-state index in [2.05, 4.69) is 25.6 Å². The van der Waals surface area contributed by atoms with Crippen molar-refractivity contribution >= 4 is 11.6 Å². The molecule has 0 aliphatic heterocycles. The van der Waals surface area contributed by atoms with Crippen molar-refractivity contribution in [2.45, 2.75) is 12.8 Å². The van der Waals surface area contributed by atoms with Crippen molar-refractivity contribution in [1.29, 1.82) is 0 Å². The summed E-state index contributed by atoms with van der Waals surface area (Å²) in [6.07, 6.45) is 4.18. The van der Waals surface area contributed by atoms with Crippen molar-refractivity contribution in [2.24, 2.45) is 0 Å². The van der Waals surface area contributed by atoms with E-state index in [1.165, 1.54) is 0 Å². The van der Waals surface area contributed by atoms with E-state index in [4.69, 9.17) is 4.74 Å². The number of benzene rings is 1. The molecule has 0 saturated heterocycles. The molecule has 0 amide bonds. The van der Waals surface area contributed by atoms with E-state index in [0.717, 1.165) is 22.4 Å². The Morgan fingerprint density at radius 1 is 1.12 bits per heavy atom. The molecule has 8 nitrogen and oxygen atoms in total. The number of methoxy groups -OCH3 is 1. The summed E-state index contributed by atoms with van der Waals surface area (Å²) in [5, 5.41) is 12.5. The highest BCUT2D eigenvalue weighted by molar-refractivity contribution is 6.43. The molecule has 0 radical (unpaired) electrons. The van der Waals surface area contributed by atoms with Gasteiger partial charge in [0, 0.05) is 18.8 Å². The van der Waals surface area contributed by atoms with Crippen LogP contribution >= 0.6 is 0 Å². The molecule has 8 heteroatoms. The average Bonchev–Trinajstić information content (AvgIpc) is 3.27. The number of ether oxygens (including phenoxy) is 1. The Kier molecular flexibility index (Phi) is 4.46. The number of aromatic nitrogens is 5. The van der Waals surface area contributed by atoms with Gasteiger partial charge < -0.3 is 9.72 Å². The van der Waals surface area contributed by atoms with E-state index in [-0.39, 0.29) is 12.2 Å². The van der Waals surface area contributed by atoms with E-state index in [1.54, 1.807) is 13.3 Å². The van der Waals surface area contributed by atoms with Crippen LogP contribution in [-0.2, 0) is 17.6 Å². The van der Waals surface area contributed by atoms with Crippen LogP contribution in [0.5, 0.6) is 5.75 Å². The topological polar surface area (TPSA) is 114 Å². The number of hydrogen-bond acceptors (Lipinski definition) is 6. The van der Waals surface area contributed by atoms with Gasteiger partial charge in [0.25, 0.3) is 5.78 Å². The number of nitrogens with zero attached hydrogens (tertiary/aromatic N) is 3. The number of H-pyrrole nitrogens is 2. The molecule has 0 unspecified atom stereocenters. The Hall–Kier alpha value is -3.29. The van der Waals surface area contributed by atoms with Crippen molar-refractivity contribution in [1.82, 2.24) is 25.6 Å². The second kappa shape index (κ2) is 6.86. The molecular formula is C16H15N5O3. The van der Waals surface area contributed by atoms with Crippen LogP contribution in [0.15, 0.2) is 36.7 Å². The van der Waals surface area contributed by atoms with Crippen molar-refractivity contribution < 1.29 is 14.3 Å². The summed E-state index contributed by atoms with van der Waals surface area (Å²) >= 11 is 0. The van der Waals surface area contributed by atoms with Crippen LogP contribution in [0.25, 0.3) is 0 Å². The standard InChI is InChI=1S/C16H15N5O3/c1-24-13-4-2-10(3-5-13)6-11-8-17-9-12(11)7-14(22)15(23)16-18-20-21-19-16/h2-5,8-9,17H,6-7H2,1H3,(H,18,19,20,21). The van der Waals surface area contributed by atoms with Crippen molar-refractivity contribution in [3.05, 3.63) is 59.2 Å². The fraction of sp³-hybridized carbons (Fsp3) is 0.188. The lowest BCUT2D eigenvalue weighted by Crippen LogP contribution is -2.18. The minimum atomic E-state index is -0.750. The number of hydrogen-bond donors (Lipinski definition) is 2. The molecule has 2 N–H and O–H groups in total. The maximum absolute atomic E-state index is 12.1. The minimum Gasteiger partial charge on any atom is -0.497 e. The summed E-state index contributed by atoms with van der Waals surface area (Å²) in [4.78, 5) is 27.0. The van der Waals surface area contributed by atoms with E-state index < -0.39 is 11.6 Å². The molecule has 2 aromatic heterocycles. The Labute approximate surface area is 137 Å². The largest absolute Gasteiger partial charge is 0.497 e. The number of ketones is 2. The number of nitrogens with one attached hydrogen (secondary N) is 2. The molecule has 0 atom stereocenters. The van der Waals surface area contributed by atoms with Crippen LogP contribution in [-0.4, -0.2) is 44.3 Å². The van der Waals surface area contributed by atoms with Crippen LogP contribution in [0.3, 0.4) is 0 Å². The molecule has 3 rings (SSSR count). The highest BCUT2D eigenvalue weighted by Gasteiger charge is 2.22. The summed E-state index contributed by atoms with van der Waals surface area (Å²) < 4.78 is 5.13. The normalized spacial score (nSPS) is 10.5. The van der Waals surface area contributed by atoms with Gasteiger partial charge in [-0.1, -0.05) is 12.1 Å². The van der Waals surface area contributed by atoms with Crippen molar-refractivity contribution in [2.75, 3.05) is 7.11 Å². The molecule has 0 aliphatic rings. The summed E-state index contributed by atoms with van der Waals surface area (Å²) in [5.74, 6) is -0.756. The molecule has 2 heterocycles. The third-order valence-electron chi connectivity index (χ3n) is 3.63. The van der Waals surface area contributed by atoms with Gasteiger partial charge in [-0.3, -0.25) is 9.59 Å². The van der Waals surface area contributed by atoms with E-state index in [9.17, 15) is 9.59 Å². The quantitative estimate of drug-likeness (QED) is 0.497. The zero-order valence-electron chi connectivity index (χ0n) is 12.9. The highest BCUT2D eigenvalue weighted by Crippen LogP contribution is 2.18. The van der Waals surface area contributed by atoms with Gasteiger partial charge in [-0.25, -0.2) is 0 Å². The fourth-order valence-electron chi connectivity index (χ4n) is 2.36. The fourth-order valence-corrected chi connectivity index (χ4v) is 2.36. The van der Waals surface area contributed by atoms with Crippen LogP contribution < -0.4 is 4.74 Å². The summed E-state index contributed by atoms with van der Waals surface area (Å²) in [7, 11) is 1.62. The first-order valence-electron chi connectivity index (χ1n) is 7.26. The lowest BCUT2D eigenvalue weighted by molar-refractivity contribution is -0.114. The van der Waals surface area contributed by atoms with Crippen LogP contribution in [0.1, 0.15) is 27.3 Å². The summed E-state index contributed by atoms with van der Waals surface area (Å²) in [6.45, 7) is 0. The first-order valence-corrected chi connectivity index (χ1v) is 7.26. The summed E-state index contributed by atoms with van der Waals surface area (Å²) in [6, 6.07) is 7.68. The van der Waals surface area contributed by atoms with Crippen LogP contribution in [0.4, 0.5) is 0 Å². The maximum atomic E-state index is 12.1. The molecular weight excluding hydrogens is 310 g/mol. The van der Waals surface area contributed by atoms with Crippen molar-refractivity contribution in [3.8, 4) is 5.75 Å². The molecule has 0 fully saturated rings. The van der Waals surface area contributed by atoms with E-state index >= 15 is 0 Å². The van der Waals surface area contributed by atoms with Crippen LogP contribution in [0, 0.1) is 0 Å². The van der Waals surface area contributed by atoms with E-state index in [1.807, 2.05) is 30.5 Å². The molecule has 0 saturated carbocycles. The van der Waals surface area contributed by atoms with Crippen LogP contribution in [0.2, 0.25) is 0 Å². The predicted octanol–water partition coefficient (Wildman–Crippen LogP) is 1.12. The molecule has 3 aromatic rings. The second-order valence-electron chi connectivity index (χ2n) is 5.20. The third kappa shape index (κ3) is 3.37. The second-order valence-corrected chi connectivity index (χ2v) is 5.20. The van der Waals surface area contributed by atoms with Gasteiger partial charge >= 0.3 is 0 Å². The molecule has 24 heavy (non-hydrogen) atoms. The van der Waals surface area contributed by atoms with Crippen molar-refractivity contribution in [3.63, 3.8) is 0 Å². The Morgan fingerprint density at radius 2 is 1.88 bits per heavy atom. The van der Waals surface area contributed by atoms with Gasteiger partial charge in [0.15, 0.2) is 0 Å². The maximum Gasteiger partial charge on any atom is 0.269 e. The zero-order chi connectivity index (χ0) is 16.9.